The molecule has 1 aliphatic rings. The maximum Gasteiger partial charge on any atom is 0.262 e. The molecule has 3 rings (SSSR count). The van der Waals surface area contributed by atoms with Crippen LogP contribution in [0.2, 0.25) is 5.02 Å². The Morgan fingerprint density at radius 1 is 1.18 bits per heavy atom. The molecule has 6 nitrogen and oxygen atoms in total. The summed E-state index contributed by atoms with van der Waals surface area (Å²) in [7, 11) is -3.72. The first kappa shape index (κ1) is 20.6. The zero-order chi connectivity index (χ0) is 20.3. The molecule has 2 aromatic rings. The number of anilines is 1. The summed E-state index contributed by atoms with van der Waals surface area (Å²) in [6.45, 7) is 4.52. The van der Waals surface area contributed by atoms with E-state index in [0.717, 1.165) is 24.0 Å². The zero-order valence-corrected chi connectivity index (χ0v) is 17.4. The quantitative estimate of drug-likeness (QED) is 0.769. The maximum absolute atomic E-state index is 12.9. The number of sulfonamides is 1. The average molecular weight is 423 g/mol. The predicted molar refractivity (Wildman–Crippen MR) is 109 cm³/mol. The van der Waals surface area contributed by atoms with Crippen LogP contribution in [0.3, 0.4) is 0 Å². The van der Waals surface area contributed by atoms with Crippen molar-refractivity contribution in [2.45, 2.75) is 31.6 Å². The Kier molecular flexibility index (Phi) is 6.27. The summed E-state index contributed by atoms with van der Waals surface area (Å²) in [5, 5.41) is 3.09. The SMILES string of the molecule is Cc1cccc(NC(=O)COc2ccc(Cl)cc2S(=O)(=O)N2CCCC2)c1C. The summed E-state index contributed by atoms with van der Waals surface area (Å²) in [6.07, 6.45) is 1.66. The standard InChI is InChI=1S/C20H23ClN2O4S/c1-14-6-5-7-17(15(14)2)22-20(24)13-27-18-9-8-16(21)12-19(18)28(25,26)23-10-3-4-11-23/h5-9,12H,3-4,10-11,13H2,1-2H3,(H,22,24). The van der Waals surface area contributed by atoms with Crippen LogP contribution in [0.25, 0.3) is 0 Å². The van der Waals surface area contributed by atoms with Crippen LogP contribution in [0.1, 0.15) is 24.0 Å². The fraction of sp³-hybridized carbons (Fsp3) is 0.350. The summed E-state index contributed by atoms with van der Waals surface area (Å²) in [5.74, 6) is -0.249. The Labute approximate surface area is 170 Å². The Bertz CT molecular complexity index is 986. The highest BCUT2D eigenvalue weighted by Gasteiger charge is 2.30. The number of benzene rings is 2. The molecule has 0 saturated carbocycles. The molecule has 0 unspecified atom stereocenters. The Balaban J connectivity index is 1.76. The molecular weight excluding hydrogens is 400 g/mol. The summed E-state index contributed by atoms with van der Waals surface area (Å²) >= 11 is 6.01. The van der Waals surface area contributed by atoms with Gasteiger partial charge < -0.3 is 10.1 Å². The third-order valence-electron chi connectivity index (χ3n) is 4.83. The molecular formula is C20H23ClN2O4S. The highest BCUT2D eigenvalue weighted by Crippen LogP contribution is 2.31. The number of carbonyl (C=O) groups is 1. The van der Waals surface area contributed by atoms with E-state index in [-0.39, 0.29) is 23.2 Å². The molecule has 0 aliphatic carbocycles. The van der Waals surface area contributed by atoms with Crippen molar-refractivity contribution in [3.8, 4) is 5.75 Å². The fourth-order valence-electron chi connectivity index (χ4n) is 3.09. The highest BCUT2D eigenvalue weighted by atomic mass is 35.5. The summed E-state index contributed by atoms with van der Waals surface area (Å²) in [4.78, 5) is 12.3. The Morgan fingerprint density at radius 3 is 2.61 bits per heavy atom. The van der Waals surface area contributed by atoms with Crippen molar-refractivity contribution in [2.75, 3.05) is 25.0 Å². The molecule has 0 aromatic heterocycles. The van der Waals surface area contributed by atoms with Crippen molar-refractivity contribution in [1.29, 1.82) is 0 Å². The number of hydrogen-bond donors (Lipinski definition) is 1. The molecule has 1 aliphatic heterocycles. The number of nitrogens with one attached hydrogen (secondary N) is 1. The van der Waals surface area contributed by atoms with E-state index in [4.69, 9.17) is 16.3 Å². The third kappa shape index (κ3) is 4.48. The van der Waals surface area contributed by atoms with E-state index >= 15 is 0 Å². The van der Waals surface area contributed by atoms with Crippen LogP contribution < -0.4 is 10.1 Å². The van der Waals surface area contributed by atoms with Gasteiger partial charge in [0.2, 0.25) is 10.0 Å². The summed E-state index contributed by atoms with van der Waals surface area (Å²) in [6, 6.07) is 10.0. The number of hydrogen-bond acceptors (Lipinski definition) is 4. The van der Waals surface area contributed by atoms with E-state index in [0.29, 0.717) is 23.8 Å². The molecule has 0 radical (unpaired) electrons. The number of amides is 1. The topological polar surface area (TPSA) is 75.7 Å². The van der Waals surface area contributed by atoms with E-state index in [1.54, 1.807) is 6.07 Å². The van der Waals surface area contributed by atoms with Gasteiger partial charge in [0.1, 0.15) is 10.6 Å². The van der Waals surface area contributed by atoms with Crippen molar-refractivity contribution in [2.24, 2.45) is 0 Å². The normalized spacial score (nSPS) is 14.8. The van der Waals surface area contributed by atoms with Crippen molar-refractivity contribution < 1.29 is 17.9 Å². The van der Waals surface area contributed by atoms with Gasteiger partial charge in [-0.1, -0.05) is 23.7 Å². The average Bonchev–Trinajstić information content (AvgIpc) is 3.20. The molecule has 2 aromatic carbocycles. The van der Waals surface area contributed by atoms with E-state index in [1.807, 2.05) is 32.0 Å². The molecule has 0 atom stereocenters. The number of rotatable bonds is 6. The zero-order valence-electron chi connectivity index (χ0n) is 15.9. The van der Waals surface area contributed by atoms with Gasteiger partial charge in [0.25, 0.3) is 5.91 Å². The Morgan fingerprint density at radius 2 is 1.89 bits per heavy atom. The minimum atomic E-state index is -3.72. The number of halogens is 1. The third-order valence-corrected chi connectivity index (χ3v) is 6.98. The van der Waals surface area contributed by atoms with E-state index < -0.39 is 10.0 Å². The van der Waals surface area contributed by atoms with Crippen LogP contribution in [-0.2, 0) is 14.8 Å². The van der Waals surface area contributed by atoms with Crippen molar-refractivity contribution >= 4 is 33.2 Å². The lowest BCUT2D eigenvalue weighted by Gasteiger charge is -2.18. The summed E-state index contributed by atoms with van der Waals surface area (Å²) in [5.41, 5.74) is 2.74. The van der Waals surface area contributed by atoms with E-state index in [1.165, 1.54) is 16.4 Å². The van der Waals surface area contributed by atoms with Gasteiger partial charge in [0.15, 0.2) is 6.61 Å². The molecule has 8 heteroatoms. The first-order valence-corrected chi connectivity index (χ1v) is 10.9. The van der Waals surface area contributed by atoms with Crippen molar-refractivity contribution in [1.82, 2.24) is 4.31 Å². The lowest BCUT2D eigenvalue weighted by molar-refractivity contribution is -0.118. The van der Waals surface area contributed by atoms with Gasteiger partial charge in [-0.15, -0.1) is 0 Å². The molecule has 0 bridgehead atoms. The molecule has 28 heavy (non-hydrogen) atoms. The number of aryl methyl sites for hydroxylation is 1. The lowest BCUT2D eigenvalue weighted by atomic mass is 10.1. The fourth-order valence-corrected chi connectivity index (χ4v) is 5.00. The van der Waals surface area contributed by atoms with E-state index in [9.17, 15) is 13.2 Å². The van der Waals surface area contributed by atoms with Gasteiger partial charge in [0, 0.05) is 23.8 Å². The van der Waals surface area contributed by atoms with Crippen LogP contribution in [0.4, 0.5) is 5.69 Å². The highest BCUT2D eigenvalue weighted by molar-refractivity contribution is 7.89. The number of nitrogens with zero attached hydrogens (tertiary/aromatic N) is 1. The van der Waals surface area contributed by atoms with Crippen molar-refractivity contribution in [3.05, 3.63) is 52.5 Å². The Hall–Kier alpha value is -2.09. The van der Waals surface area contributed by atoms with Crippen molar-refractivity contribution in [3.63, 3.8) is 0 Å². The van der Waals surface area contributed by atoms with Gasteiger partial charge in [-0.2, -0.15) is 4.31 Å². The molecule has 1 N–H and O–H groups in total. The van der Waals surface area contributed by atoms with Crippen LogP contribution in [0, 0.1) is 13.8 Å². The smallest absolute Gasteiger partial charge is 0.262 e. The minimum Gasteiger partial charge on any atom is -0.482 e. The van der Waals surface area contributed by atoms with Gasteiger partial charge in [-0.05, 0) is 62.1 Å². The molecule has 150 valence electrons. The maximum atomic E-state index is 12.9. The van der Waals surface area contributed by atoms with Gasteiger partial charge in [0.05, 0.1) is 0 Å². The molecule has 1 saturated heterocycles. The van der Waals surface area contributed by atoms with E-state index in [2.05, 4.69) is 5.32 Å². The van der Waals surface area contributed by atoms with Crippen LogP contribution in [0.5, 0.6) is 5.75 Å². The predicted octanol–water partition coefficient (Wildman–Crippen LogP) is 3.76. The van der Waals surface area contributed by atoms with Crippen LogP contribution >= 0.6 is 11.6 Å². The monoisotopic (exact) mass is 422 g/mol. The first-order chi connectivity index (χ1) is 13.3. The molecule has 1 amide bonds. The minimum absolute atomic E-state index is 0.0126. The van der Waals surface area contributed by atoms with Crippen LogP contribution in [0.15, 0.2) is 41.3 Å². The first-order valence-electron chi connectivity index (χ1n) is 9.07. The van der Waals surface area contributed by atoms with Crippen LogP contribution in [-0.4, -0.2) is 38.3 Å². The van der Waals surface area contributed by atoms with Gasteiger partial charge in [-0.3, -0.25) is 4.79 Å². The molecule has 1 fully saturated rings. The summed E-state index contributed by atoms with van der Waals surface area (Å²) < 4.78 is 32.8. The second-order valence-electron chi connectivity index (χ2n) is 6.79. The lowest BCUT2D eigenvalue weighted by Crippen LogP contribution is -2.29. The largest absolute Gasteiger partial charge is 0.482 e. The van der Waals surface area contributed by atoms with Gasteiger partial charge >= 0.3 is 0 Å². The molecule has 1 heterocycles. The second-order valence-corrected chi connectivity index (χ2v) is 9.13. The number of ether oxygens (including phenoxy) is 1. The molecule has 0 spiro atoms. The van der Waals surface area contributed by atoms with Gasteiger partial charge in [-0.25, -0.2) is 8.42 Å². The number of carbonyl (C=O) groups excluding carboxylic acids is 1. The second kappa shape index (κ2) is 8.51.